The lowest BCUT2D eigenvalue weighted by Crippen LogP contribution is -2.48. The predicted octanol–water partition coefficient (Wildman–Crippen LogP) is 5.82. The van der Waals surface area contributed by atoms with E-state index in [1.807, 2.05) is 24.3 Å². The van der Waals surface area contributed by atoms with Crippen LogP contribution in [-0.2, 0) is 5.54 Å². The summed E-state index contributed by atoms with van der Waals surface area (Å²) in [5, 5.41) is 21.7. The largest absolute Gasteiger partial charge is 0.393 e. The number of fused-ring (bicyclic) bond motifs is 3. The standard InChI is InChI=1S/C34H35N5O2/c1-2-3-5-12-27(40)13-8-21-35-34(19-9-20-34)26-16-14-25(15-17-26)31-28(24-10-6-4-7-11-24)23-29-30(36-31)18-22-39-32(29)37-38-33(39)41/h1,4,6-7,10-11,14-18,22-23,27,35,40H,3,5,8-9,12-13,19-21H2,(H,38,41). The van der Waals surface area contributed by atoms with E-state index in [9.17, 15) is 9.90 Å². The summed E-state index contributed by atoms with van der Waals surface area (Å²) in [6.45, 7) is 0.878. The van der Waals surface area contributed by atoms with Crippen LogP contribution in [0.25, 0.3) is 38.9 Å². The van der Waals surface area contributed by atoms with Gasteiger partial charge in [0.15, 0.2) is 5.65 Å². The zero-order valence-corrected chi connectivity index (χ0v) is 23.1. The molecule has 3 N–H and O–H groups in total. The van der Waals surface area contributed by atoms with Crippen LogP contribution in [0.1, 0.15) is 56.9 Å². The molecular formula is C34H35N5O2. The first-order chi connectivity index (χ1) is 20.1. The number of rotatable bonds is 11. The Labute approximate surface area is 239 Å². The monoisotopic (exact) mass is 545 g/mol. The summed E-state index contributed by atoms with van der Waals surface area (Å²) < 4.78 is 1.51. The topological polar surface area (TPSA) is 95.3 Å². The number of aromatic nitrogens is 4. The maximum Gasteiger partial charge on any atom is 0.347 e. The van der Waals surface area contributed by atoms with E-state index >= 15 is 0 Å². The summed E-state index contributed by atoms with van der Waals surface area (Å²) in [7, 11) is 0. The van der Waals surface area contributed by atoms with Gasteiger partial charge in [-0.05, 0) is 74.8 Å². The van der Waals surface area contributed by atoms with Crippen molar-refractivity contribution in [2.45, 2.75) is 63.0 Å². The molecule has 6 rings (SSSR count). The number of terminal acetylenes is 1. The molecule has 5 aromatic rings. The quantitative estimate of drug-likeness (QED) is 0.144. The molecular weight excluding hydrogens is 510 g/mol. The van der Waals surface area contributed by atoms with E-state index in [4.69, 9.17) is 11.4 Å². The van der Waals surface area contributed by atoms with E-state index < -0.39 is 0 Å². The predicted molar refractivity (Wildman–Crippen MR) is 163 cm³/mol. The zero-order chi connectivity index (χ0) is 28.2. The molecule has 3 aromatic heterocycles. The van der Waals surface area contributed by atoms with Crippen LogP contribution in [0.4, 0.5) is 0 Å². The van der Waals surface area contributed by atoms with E-state index in [2.05, 4.69) is 63.9 Å². The van der Waals surface area contributed by atoms with Gasteiger partial charge in [0.1, 0.15) is 0 Å². The van der Waals surface area contributed by atoms with Crippen LogP contribution in [0.3, 0.4) is 0 Å². The number of hydrogen-bond donors (Lipinski definition) is 3. The van der Waals surface area contributed by atoms with Crippen molar-refractivity contribution in [3.05, 3.63) is 89.0 Å². The maximum atomic E-state index is 12.2. The molecule has 1 aliphatic rings. The molecule has 0 aliphatic heterocycles. The SMILES string of the molecule is C#CCCCC(O)CCCNC1(c2ccc(-c3nc4ccn5c(=O)[nH]nc5c4cc3-c3ccccc3)cc2)CCC1. The van der Waals surface area contributed by atoms with Gasteiger partial charge in [-0.15, -0.1) is 12.3 Å². The molecule has 2 aromatic carbocycles. The van der Waals surface area contributed by atoms with Crippen molar-refractivity contribution < 1.29 is 5.11 Å². The number of aromatic amines is 1. The Balaban J connectivity index is 1.26. The van der Waals surface area contributed by atoms with Crippen molar-refractivity contribution >= 4 is 16.6 Å². The first kappa shape index (κ1) is 26.9. The highest BCUT2D eigenvalue weighted by atomic mass is 16.3. The van der Waals surface area contributed by atoms with Crippen LogP contribution in [-0.4, -0.2) is 37.3 Å². The first-order valence-electron chi connectivity index (χ1n) is 14.5. The molecule has 1 fully saturated rings. The van der Waals surface area contributed by atoms with E-state index in [0.717, 1.165) is 84.8 Å². The molecule has 0 saturated heterocycles. The minimum absolute atomic E-state index is 0.00908. The van der Waals surface area contributed by atoms with Crippen LogP contribution in [0.15, 0.2) is 77.7 Å². The second-order valence-corrected chi connectivity index (χ2v) is 11.1. The molecule has 1 saturated carbocycles. The van der Waals surface area contributed by atoms with Gasteiger partial charge in [0.05, 0.1) is 17.3 Å². The van der Waals surface area contributed by atoms with Gasteiger partial charge < -0.3 is 10.4 Å². The lowest BCUT2D eigenvalue weighted by molar-refractivity contribution is 0.142. The number of aliphatic hydroxyl groups is 1. The summed E-state index contributed by atoms with van der Waals surface area (Å²) in [6.07, 6.45) is 14.3. The molecule has 3 heterocycles. The lowest BCUT2D eigenvalue weighted by Gasteiger charge is -2.43. The van der Waals surface area contributed by atoms with E-state index in [1.54, 1.807) is 6.20 Å². The number of H-pyrrole nitrogens is 1. The average molecular weight is 546 g/mol. The molecule has 0 spiro atoms. The van der Waals surface area contributed by atoms with Crippen LogP contribution >= 0.6 is 0 Å². The molecule has 1 aliphatic carbocycles. The second-order valence-electron chi connectivity index (χ2n) is 11.1. The molecule has 1 atom stereocenters. The second kappa shape index (κ2) is 11.7. The van der Waals surface area contributed by atoms with Crippen molar-refractivity contribution in [1.82, 2.24) is 24.9 Å². The van der Waals surface area contributed by atoms with Gasteiger partial charge >= 0.3 is 5.69 Å². The first-order valence-corrected chi connectivity index (χ1v) is 14.5. The van der Waals surface area contributed by atoms with Crippen molar-refractivity contribution in [1.29, 1.82) is 0 Å². The molecule has 7 nitrogen and oxygen atoms in total. The van der Waals surface area contributed by atoms with Gasteiger partial charge in [-0.25, -0.2) is 19.3 Å². The molecule has 41 heavy (non-hydrogen) atoms. The molecule has 0 radical (unpaired) electrons. The third kappa shape index (κ3) is 5.41. The van der Waals surface area contributed by atoms with Gasteiger partial charge in [0, 0.05) is 34.7 Å². The molecule has 0 bridgehead atoms. The molecule has 1 unspecified atom stereocenters. The number of aliphatic hydroxyl groups excluding tert-OH is 1. The van der Waals surface area contributed by atoms with Crippen LogP contribution in [0, 0.1) is 12.3 Å². The fraction of sp³-hybridized carbons (Fsp3) is 0.324. The van der Waals surface area contributed by atoms with Gasteiger partial charge in [-0.1, -0.05) is 54.6 Å². The minimum Gasteiger partial charge on any atom is -0.393 e. The minimum atomic E-state index is -0.278. The summed E-state index contributed by atoms with van der Waals surface area (Å²) in [5.41, 5.74) is 6.35. The van der Waals surface area contributed by atoms with Crippen molar-refractivity contribution in [3.8, 4) is 34.7 Å². The number of nitrogens with one attached hydrogen (secondary N) is 2. The fourth-order valence-corrected chi connectivity index (χ4v) is 5.96. The van der Waals surface area contributed by atoms with E-state index in [1.165, 1.54) is 16.4 Å². The Bertz CT molecular complexity index is 1740. The number of benzene rings is 2. The molecule has 0 amide bonds. The number of hydrogen-bond acceptors (Lipinski definition) is 5. The third-order valence-electron chi connectivity index (χ3n) is 8.42. The zero-order valence-electron chi connectivity index (χ0n) is 23.1. The third-order valence-corrected chi connectivity index (χ3v) is 8.42. The lowest BCUT2D eigenvalue weighted by atomic mass is 9.71. The average Bonchev–Trinajstić information content (AvgIpc) is 3.37. The van der Waals surface area contributed by atoms with Gasteiger partial charge in [0.25, 0.3) is 0 Å². The highest BCUT2D eigenvalue weighted by molar-refractivity contribution is 5.98. The Hall–Kier alpha value is -4.25. The summed E-state index contributed by atoms with van der Waals surface area (Å²) >= 11 is 0. The molecule has 208 valence electrons. The van der Waals surface area contributed by atoms with Crippen LogP contribution in [0.5, 0.6) is 0 Å². The van der Waals surface area contributed by atoms with Crippen molar-refractivity contribution in [3.63, 3.8) is 0 Å². The summed E-state index contributed by atoms with van der Waals surface area (Å²) in [6, 6.07) is 23.0. The highest BCUT2D eigenvalue weighted by Gasteiger charge is 2.37. The molecule has 7 heteroatoms. The van der Waals surface area contributed by atoms with E-state index in [0.29, 0.717) is 5.65 Å². The number of nitrogens with zero attached hydrogens (tertiary/aromatic N) is 3. The van der Waals surface area contributed by atoms with Crippen LogP contribution < -0.4 is 11.0 Å². The van der Waals surface area contributed by atoms with Gasteiger partial charge in [-0.2, -0.15) is 5.10 Å². The van der Waals surface area contributed by atoms with Crippen LogP contribution in [0.2, 0.25) is 0 Å². The Morgan fingerprint density at radius 2 is 1.83 bits per heavy atom. The van der Waals surface area contributed by atoms with Gasteiger partial charge in [-0.3, -0.25) is 0 Å². The normalized spacial score (nSPS) is 15.0. The van der Waals surface area contributed by atoms with E-state index in [-0.39, 0.29) is 17.3 Å². The fourth-order valence-electron chi connectivity index (χ4n) is 5.96. The van der Waals surface area contributed by atoms with Crippen molar-refractivity contribution in [2.75, 3.05) is 6.54 Å². The number of pyridine rings is 2. The van der Waals surface area contributed by atoms with Gasteiger partial charge in [0.2, 0.25) is 0 Å². The van der Waals surface area contributed by atoms with Crippen molar-refractivity contribution in [2.24, 2.45) is 0 Å². The highest BCUT2D eigenvalue weighted by Crippen LogP contribution is 2.42. The summed E-state index contributed by atoms with van der Waals surface area (Å²) in [5.74, 6) is 2.64. The maximum absolute atomic E-state index is 12.2. The Morgan fingerprint density at radius 3 is 2.56 bits per heavy atom. The smallest absolute Gasteiger partial charge is 0.347 e. The summed E-state index contributed by atoms with van der Waals surface area (Å²) in [4.78, 5) is 17.3. The Kier molecular flexibility index (Phi) is 7.69. The Morgan fingerprint density at radius 1 is 1.05 bits per heavy atom. The number of unbranched alkanes of at least 4 members (excludes halogenated alkanes) is 1.